The van der Waals surface area contributed by atoms with Crippen LogP contribution in [-0.2, 0) is 0 Å². The molecule has 2 aromatic rings. The van der Waals surface area contributed by atoms with Gasteiger partial charge in [0, 0.05) is 16.0 Å². The predicted octanol–water partition coefficient (Wildman–Crippen LogP) is 3.87. The van der Waals surface area contributed by atoms with E-state index in [1.807, 2.05) is 0 Å². The van der Waals surface area contributed by atoms with Crippen molar-refractivity contribution in [1.82, 2.24) is 10.1 Å². The minimum absolute atomic E-state index is 0.220. The van der Waals surface area contributed by atoms with Gasteiger partial charge in [0.25, 0.3) is 0 Å². The second-order valence-electron chi connectivity index (χ2n) is 5.47. The number of nitrogens with zero attached hydrogens (tertiary/aromatic N) is 2. The van der Waals surface area contributed by atoms with Crippen molar-refractivity contribution < 1.29 is 8.91 Å². The number of benzene rings is 1. The molecule has 21 heavy (non-hydrogen) atoms. The lowest BCUT2D eigenvalue weighted by atomic mass is 9.79. The topological polar surface area (TPSA) is 64.9 Å². The second kappa shape index (κ2) is 6.23. The molecule has 1 saturated carbocycles. The zero-order valence-corrected chi connectivity index (χ0v) is 13.1. The summed E-state index contributed by atoms with van der Waals surface area (Å²) in [4.78, 5) is 4.47. The van der Waals surface area contributed by atoms with E-state index in [1.165, 1.54) is 18.6 Å². The van der Waals surface area contributed by atoms with Crippen molar-refractivity contribution in [2.45, 2.75) is 31.6 Å². The number of rotatable bonds is 3. The van der Waals surface area contributed by atoms with Crippen molar-refractivity contribution in [3.05, 3.63) is 34.4 Å². The maximum absolute atomic E-state index is 13.4. The third-order valence-electron chi connectivity index (χ3n) is 4.14. The first-order valence-corrected chi connectivity index (χ1v) is 7.97. The van der Waals surface area contributed by atoms with Gasteiger partial charge in [-0.15, -0.1) is 0 Å². The molecule has 2 N–H and O–H groups in total. The molecule has 3 rings (SSSR count). The number of hydrogen-bond donors (Lipinski definition) is 1. The van der Waals surface area contributed by atoms with Crippen LogP contribution < -0.4 is 5.73 Å². The lowest BCUT2D eigenvalue weighted by molar-refractivity contribution is 0.249. The fraction of sp³-hybridized carbons (Fsp3) is 0.467. The van der Waals surface area contributed by atoms with E-state index in [-0.39, 0.29) is 11.7 Å². The molecule has 0 spiro atoms. The van der Waals surface area contributed by atoms with E-state index in [1.54, 1.807) is 6.07 Å². The van der Waals surface area contributed by atoms with E-state index in [0.29, 0.717) is 29.7 Å². The molecule has 1 aliphatic carbocycles. The van der Waals surface area contributed by atoms with E-state index in [4.69, 9.17) is 10.3 Å². The zero-order chi connectivity index (χ0) is 14.8. The van der Waals surface area contributed by atoms with Crippen LogP contribution in [0.5, 0.6) is 0 Å². The first kappa shape index (κ1) is 14.7. The van der Waals surface area contributed by atoms with E-state index >= 15 is 0 Å². The van der Waals surface area contributed by atoms with E-state index in [9.17, 15) is 4.39 Å². The summed E-state index contributed by atoms with van der Waals surface area (Å²) in [5.41, 5.74) is 6.45. The summed E-state index contributed by atoms with van der Waals surface area (Å²) in [5.74, 6) is 1.33. The molecule has 6 heteroatoms. The van der Waals surface area contributed by atoms with Gasteiger partial charge in [-0.3, -0.25) is 0 Å². The minimum atomic E-state index is -0.322. The molecule has 2 unspecified atom stereocenters. The third-order valence-corrected chi connectivity index (χ3v) is 4.83. The van der Waals surface area contributed by atoms with E-state index in [2.05, 4.69) is 26.1 Å². The SMILES string of the molecule is NCC1CCCCC1c1nc(-c2cc(F)ccc2Br)no1. The highest BCUT2D eigenvalue weighted by Gasteiger charge is 2.30. The van der Waals surface area contributed by atoms with Crippen molar-refractivity contribution in [2.24, 2.45) is 11.7 Å². The van der Waals surface area contributed by atoms with Crippen molar-refractivity contribution in [3.8, 4) is 11.4 Å². The van der Waals surface area contributed by atoms with Crippen molar-refractivity contribution in [1.29, 1.82) is 0 Å². The van der Waals surface area contributed by atoms with E-state index < -0.39 is 0 Å². The summed E-state index contributed by atoms with van der Waals surface area (Å²) < 4.78 is 19.6. The standard InChI is InChI=1S/C15H17BrFN3O/c16-13-6-5-10(17)7-12(13)14-19-15(21-20-14)11-4-2-1-3-9(11)8-18/h5-7,9,11H,1-4,8,18H2. The normalized spacial score (nSPS) is 22.4. The van der Waals surface area contributed by atoms with Crippen molar-refractivity contribution >= 4 is 15.9 Å². The highest BCUT2D eigenvalue weighted by Crippen LogP contribution is 2.37. The van der Waals surface area contributed by atoms with Gasteiger partial charge in [-0.1, -0.05) is 33.9 Å². The summed E-state index contributed by atoms with van der Waals surface area (Å²) in [6.07, 6.45) is 4.48. The predicted molar refractivity (Wildman–Crippen MR) is 81.1 cm³/mol. The van der Waals surface area contributed by atoms with Crippen molar-refractivity contribution in [2.75, 3.05) is 6.54 Å². The molecule has 1 fully saturated rings. The summed E-state index contributed by atoms with van der Waals surface area (Å²) in [7, 11) is 0. The average Bonchev–Trinajstić information content (AvgIpc) is 2.99. The first-order valence-electron chi connectivity index (χ1n) is 7.18. The molecular weight excluding hydrogens is 337 g/mol. The number of halogens is 2. The Balaban J connectivity index is 1.90. The lowest BCUT2D eigenvalue weighted by Gasteiger charge is -2.27. The largest absolute Gasteiger partial charge is 0.339 e. The Hall–Kier alpha value is -1.27. The molecule has 0 amide bonds. The molecule has 4 nitrogen and oxygen atoms in total. The zero-order valence-electron chi connectivity index (χ0n) is 11.6. The Morgan fingerprint density at radius 3 is 2.95 bits per heavy atom. The smallest absolute Gasteiger partial charge is 0.230 e. The monoisotopic (exact) mass is 353 g/mol. The van der Waals surface area contributed by atoms with Gasteiger partial charge < -0.3 is 10.3 Å². The quantitative estimate of drug-likeness (QED) is 0.909. The van der Waals surface area contributed by atoms with Crippen LogP contribution in [0.3, 0.4) is 0 Å². The maximum atomic E-state index is 13.4. The molecular formula is C15H17BrFN3O. The summed E-state index contributed by atoms with van der Waals surface area (Å²) in [5, 5.41) is 4.01. The molecule has 1 aromatic carbocycles. The van der Waals surface area contributed by atoms with Crippen LogP contribution in [0, 0.1) is 11.7 Å². The van der Waals surface area contributed by atoms with Crippen LogP contribution in [0.15, 0.2) is 27.2 Å². The molecule has 0 aliphatic heterocycles. The van der Waals surface area contributed by atoms with Crippen LogP contribution in [0.2, 0.25) is 0 Å². The highest BCUT2D eigenvalue weighted by molar-refractivity contribution is 9.10. The average molecular weight is 354 g/mol. The summed E-state index contributed by atoms with van der Waals surface area (Å²) >= 11 is 3.39. The molecule has 0 saturated heterocycles. The van der Waals surface area contributed by atoms with Crippen LogP contribution in [0.25, 0.3) is 11.4 Å². The van der Waals surface area contributed by atoms with Gasteiger partial charge in [-0.05, 0) is 43.5 Å². The Morgan fingerprint density at radius 1 is 1.33 bits per heavy atom. The second-order valence-corrected chi connectivity index (χ2v) is 6.32. The number of hydrogen-bond acceptors (Lipinski definition) is 4. The maximum Gasteiger partial charge on any atom is 0.230 e. The van der Waals surface area contributed by atoms with Crippen LogP contribution in [0.4, 0.5) is 4.39 Å². The number of nitrogens with two attached hydrogens (primary N) is 1. The molecule has 112 valence electrons. The fourth-order valence-corrected chi connectivity index (χ4v) is 3.40. The van der Waals surface area contributed by atoms with Gasteiger partial charge in [0.05, 0.1) is 0 Å². The summed E-state index contributed by atoms with van der Waals surface area (Å²) in [6.45, 7) is 0.631. The van der Waals surface area contributed by atoms with E-state index in [0.717, 1.165) is 23.7 Å². The Kier molecular flexibility index (Phi) is 4.35. The Labute approximate surface area is 131 Å². The molecule has 0 radical (unpaired) electrons. The number of aromatic nitrogens is 2. The molecule has 0 bridgehead atoms. The van der Waals surface area contributed by atoms with Gasteiger partial charge >= 0.3 is 0 Å². The fourth-order valence-electron chi connectivity index (χ4n) is 2.98. The first-order chi connectivity index (χ1) is 10.2. The highest BCUT2D eigenvalue weighted by atomic mass is 79.9. The van der Waals surface area contributed by atoms with Crippen LogP contribution >= 0.6 is 15.9 Å². The Morgan fingerprint density at radius 2 is 2.14 bits per heavy atom. The van der Waals surface area contributed by atoms with Gasteiger partial charge in [0.2, 0.25) is 11.7 Å². The van der Waals surface area contributed by atoms with Gasteiger partial charge in [0.1, 0.15) is 5.82 Å². The minimum Gasteiger partial charge on any atom is -0.339 e. The Bertz CT molecular complexity index is 631. The van der Waals surface area contributed by atoms with Crippen molar-refractivity contribution in [3.63, 3.8) is 0 Å². The molecule has 1 aliphatic rings. The van der Waals surface area contributed by atoms with Crippen LogP contribution in [-0.4, -0.2) is 16.7 Å². The van der Waals surface area contributed by atoms with Crippen LogP contribution in [0.1, 0.15) is 37.5 Å². The summed E-state index contributed by atoms with van der Waals surface area (Å²) in [6, 6.07) is 4.43. The lowest BCUT2D eigenvalue weighted by Crippen LogP contribution is -2.25. The molecule has 1 aromatic heterocycles. The van der Waals surface area contributed by atoms with Gasteiger partial charge in [-0.2, -0.15) is 4.98 Å². The van der Waals surface area contributed by atoms with Gasteiger partial charge in [-0.25, -0.2) is 4.39 Å². The molecule has 2 atom stereocenters. The third kappa shape index (κ3) is 3.01. The molecule has 1 heterocycles. The van der Waals surface area contributed by atoms with Gasteiger partial charge in [0.15, 0.2) is 0 Å².